The Morgan fingerprint density at radius 1 is 1.70 bits per heavy atom. The summed E-state index contributed by atoms with van der Waals surface area (Å²) in [6, 6.07) is 0. The number of aryl methyl sites for hydroxylation is 1. The van der Waals surface area contributed by atoms with E-state index in [0.29, 0.717) is 16.2 Å². The number of anilines is 1. The van der Waals surface area contributed by atoms with E-state index < -0.39 is 0 Å². The second kappa shape index (κ2) is 2.49. The first-order valence-electron chi connectivity index (χ1n) is 2.68. The van der Waals surface area contributed by atoms with Crippen molar-refractivity contribution in [3.63, 3.8) is 0 Å². The number of aromatic nitrogens is 2. The molecule has 0 spiro atoms. The smallest absolute Gasteiger partial charge is 0.236 e. The Balaban J connectivity index is 3.20. The lowest BCUT2D eigenvalue weighted by atomic mass is 10.6. The molecule has 10 heavy (non-hydrogen) atoms. The third kappa shape index (κ3) is 0.965. The number of nitrogens with two attached hydrogens (primary N) is 1. The van der Waals surface area contributed by atoms with Gasteiger partial charge in [-0.3, -0.25) is 0 Å². The van der Waals surface area contributed by atoms with E-state index in [1.807, 2.05) is 0 Å². The average molecular weight is 206 g/mol. The van der Waals surface area contributed by atoms with Crippen molar-refractivity contribution < 1.29 is 4.74 Å². The molecule has 2 N–H and O–H groups in total. The van der Waals surface area contributed by atoms with Crippen LogP contribution in [-0.2, 0) is 7.05 Å². The standard InChI is InChI=1S/C5H8BrN3O/c1-9-5(10-2)3(7)4(6)8-9/h7H2,1-2H3. The molecule has 0 aromatic carbocycles. The summed E-state index contributed by atoms with van der Waals surface area (Å²) in [5, 5.41) is 3.96. The van der Waals surface area contributed by atoms with Gasteiger partial charge in [-0.2, -0.15) is 5.10 Å². The highest BCUT2D eigenvalue weighted by atomic mass is 79.9. The van der Waals surface area contributed by atoms with Crippen LogP contribution in [0, 0.1) is 0 Å². The fraction of sp³-hybridized carbons (Fsp3) is 0.400. The van der Waals surface area contributed by atoms with Crippen LogP contribution in [0.5, 0.6) is 5.88 Å². The summed E-state index contributed by atoms with van der Waals surface area (Å²) >= 11 is 3.17. The van der Waals surface area contributed by atoms with Crippen LogP contribution in [0.4, 0.5) is 5.69 Å². The van der Waals surface area contributed by atoms with Crippen LogP contribution < -0.4 is 10.5 Å². The van der Waals surface area contributed by atoms with Gasteiger partial charge in [0.05, 0.1) is 7.11 Å². The van der Waals surface area contributed by atoms with Crippen LogP contribution in [0.15, 0.2) is 4.60 Å². The topological polar surface area (TPSA) is 53.1 Å². The molecular weight excluding hydrogens is 198 g/mol. The minimum Gasteiger partial charge on any atom is -0.480 e. The van der Waals surface area contributed by atoms with Gasteiger partial charge >= 0.3 is 0 Å². The minimum absolute atomic E-state index is 0.532. The molecule has 0 bridgehead atoms. The van der Waals surface area contributed by atoms with Crippen molar-refractivity contribution in [3.8, 4) is 5.88 Å². The van der Waals surface area contributed by atoms with Gasteiger partial charge in [-0.15, -0.1) is 0 Å². The van der Waals surface area contributed by atoms with Crippen LogP contribution >= 0.6 is 15.9 Å². The molecule has 0 radical (unpaired) electrons. The molecule has 0 aliphatic heterocycles. The fourth-order valence-corrected chi connectivity index (χ4v) is 1.14. The largest absolute Gasteiger partial charge is 0.480 e. The molecule has 4 nitrogen and oxygen atoms in total. The number of nitrogen functional groups attached to an aromatic ring is 1. The van der Waals surface area contributed by atoms with Gasteiger partial charge in [0.25, 0.3) is 0 Å². The summed E-state index contributed by atoms with van der Waals surface area (Å²) in [4.78, 5) is 0. The van der Waals surface area contributed by atoms with Gasteiger partial charge in [0, 0.05) is 7.05 Å². The maximum atomic E-state index is 5.56. The first kappa shape index (κ1) is 7.40. The number of methoxy groups -OCH3 is 1. The van der Waals surface area contributed by atoms with Gasteiger partial charge in [0.1, 0.15) is 5.69 Å². The van der Waals surface area contributed by atoms with Crippen LogP contribution in [0.1, 0.15) is 0 Å². The Hall–Kier alpha value is -0.710. The van der Waals surface area contributed by atoms with Crippen molar-refractivity contribution in [2.24, 2.45) is 7.05 Å². The van der Waals surface area contributed by atoms with Gasteiger partial charge < -0.3 is 10.5 Å². The van der Waals surface area contributed by atoms with Crippen molar-refractivity contribution in [1.29, 1.82) is 0 Å². The van der Waals surface area contributed by atoms with Crippen molar-refractivity contribution in [1.82, 2.24) is 9.78 Å². The predicted octanol–water partition coefficient (Wildman–Crippen LogP) is 0.773. The van der Waals surface area contributed by atoms with Crippen molar-refractivity contribution in [3.05, 3.63) is 4.60 Å². The second-order valence-corrected chi connectivity index (χ2v) is 2.59. The van der Waals surface area contributed by atoms with Crippen LogP contribution in [0.2, 0.25) is 0 Å². The van der Waals surface area contributed by atoms with E-state index in [9.17, 15) is 0 Å². The van der Waals surface area contributed by atoms with E-state index in [2.05, 4.69) is 21.0 Å². The van der Waals surface area contributed by atoms with Gasteiger partial charge in [0.2, 0.25) is 5.88 Å². The van der Waals surface area contributed by atoms with Gasteiger partial charge in [-0.1, -0.05) is 0 Å². The molecule has 5 heteroatoms. The first-order chi connectivity index (χ1) is 4.66. The van der Waals surface area contributed by atoms with Crippen molar-refractivity contribution in [2.45, 2.75) is 0 Å². The molecule has 56 valence electrons. The molecule has 0 aliphatic carbocycles. The zero-order chi connectivity index (χ0) is 7.72. The van der Waals surface area contributed by atoms with Crippen molar-refractivity contribution in [2.75, 3.05) is 12.8 Å². The molecule has 0 saturated heterocycles. The van der Waals surface area contributed by atoms with E-state index in [1.54, 1.807) is 18.8 Å². The van der Waals surface area contributed by atoms with Gasteiger partial charge in [-0.25, -0.2) is 4.68 Å². The van der Waals surface area contributed by atoms with E-state index in [0.717, 1.165) is 0 Å². The minimum atomic E-state index is 0.532. The number of rotatable bonds is 1. The summed E-state index contributed by atoms with van der Waals surface area (Å²) in [6.45, 7) is 0. The quantitative estimate of drug-likeness (QED) is 0.738. The summed E-state index contributed by atoms with van der Waals surface area (Å²) in [5.74, 6) is 0.576. The Kier molecular flexibility index (Phi) is 1.85. The van der Waals surface area contributed by atoms with Crippen molar-refractivity contribution >= 4 is 21.6 Å². The summed E-state index contributed by atoms with van der Waals surface area (Å²) in [5.41, 5.74) is 6.09. The third-order valence-electron chi connectivity index (χ3n) is 1.18. The summed E-state index contributed by atoms with van der Waals surface area (Å²) in [7, 11) is 3.32. The Morgan fingerprint density at radius 3 is 2.50 bits per heavy atom. The number of ether oxygens (including phenoxy) is 1. The normalized spacial score (nSPS) is 9.90. The molecule has 1 aromatic heterocycles. The molecule has 0 fully saturated rings. The van der Waals surface area contributed by atoms with Crippen LogP contribution in [0.3, 0.4) is 0 Å². The summed E-state index contributed by atoms with van der Waals surface area (Å²) < 4.78 is 7.13. The number of nitrogens with zero attached hydrogens (tertiary/aromatic N) is 2. The van der Waals surface area contributed by atoms with Crippen LogP contribution in [-0.4, -0.2) is 16.9 Å². The molecule has 0 atom stereocenters. The SMILES string of the molecule is COc1c(N)c(Br)nn1C. The molecule has 0 saturated carbocycles. The zero-order valence-corrected chi connectivity index (χ0v) is 7.34. The van der Waals surface area contributed by atoms with Gasteiger partial charge in [0.15, 0.2) is 4.60 Å². The number of hydrogen-bond acceptors (Lipinski definition) is 3. The molecule has 1 aromatic rings. The highest BCUT2D eigenvalue weighted by Gasteiger charge is 2.09. The number of hydrogen-bond donors (Lipinski definition) is 1. The molecular formula is C5H8BrN3O. The number of halogens is 1. The van der Waals surface area contributed by atoms with E-state index in [1.165, 1.54) is 0 Å². The Bertz CT molecular complexity index is 245. The highest BCUT2D eigenvalue weighted by Crippen LogP contribution is 2.27. The predicted molar refractivity (Wildman–Crippen MR) is 41.9 cm³/mol. The first-order valence-corrected chi connectivity index (χ1v) is 3.48. The lowest BCUT2D eigenvalue weighted by Gasteiger charge is -1.98. The maximum Gasteiger partial charge on any atom is 0.236 e. The zero-order valence-electron chi connectivity index (χ0n) is 5.76. The average Bonchev–Trinajstić information content (AvgIpc) is 2.09. The third-order valence-corrected chi connectivity index (χ3v) is 1.76. The molecule has 1 heterocycles. The second-order valence-electron chi connectivity index (χ2n) is 1.84. The Labute approximate surface area is 67.1 Å². The molecule has 1 rings (SSSR count). The van der Waals surface area contributed by atoms with E-state index in [-0.39, 0.29) is 0 Å². The summed E-state index contributed by atoms with van der Waals surface area (Å²) in [6.07, 6.45) is 0. The van der Waals surface area contributed by atoms with Crippen LogP contribution in [0.25, 0.3) is 0 Å². The van der Waals surface area contributed by atoms with E-state index >= 15 is 0 Å². The fourth-order valence-electron chi connectivity index (χ4n) is 0.736. The van der Waals surface area contributed by atoms with E-state index in [4.69, 9.17) is 10.5 Å². The van der Waals surface area contributed by atoms with Gasteiger partial charge in [-0.05, 0) is 15.9 Å². The maximum absolute atomic E-state index is 5.56. The monoisotopic (exact) mass is 205 g/mol. The highest BCUT2D eigenvalue weighted by molar-refractivity contribution is 9.10. The Morgan fingerprint density at radius 2 is 2.30 bits per heavy atom. The lowest BCUT2D eigenvalue weighted by molar-refractivity contribution is 0.375. The molecule has 0 amide bonds. The molecule has 0 unspecified atom stereocenters. The lowest BCUT2D eigenvalue weighted by Crippen LogP contribution is -1.96. The molecule has 0 aliphatic rings.